The van der Waals surface area contributed by atoms with E-state index >= 15 is 0 Å². The van der Waals surface area contributed by atoms with Crippen molar-refractivity contribution in [2.75, 3.05) is 51.3 Å². The molecule has 2 N–H and O–H groups in total. The number of hydrogen-bond acceptors (Lipinski definition) is 6. The van der Waals surface area contributed by atoms with Crippen LogP contribution in [-0.4, -0.2) is 63.3 Å². The molecular formula is C26H32N4O4. The molecule has 0 radical (unpaired) electrons. The molecule has 0 aliphatic carbocycles. The van der Waals surface area contributed by atoms with E-state index in [2.05, 4.69) is 51.6 Å². The Morgan fingerprint density at radius 2 is 1.82 bits per heavy atom. The molecule has 0 unspecified atom stereocenters. The Labute approximate surface area is 200 Å². The maximum atomic E-state index is 12.8. The third-order valence-electron chi connectivity index (χ3n) is 6.20. The highest BCUT2D eigenvalue weighted by Gasteiger charge is 2.34. The van der Waals surface area contributed by atoms with Gasteiger partial charge in [0.25, 0.3) is 0 Å². The highest BCUT2D eigenvalue weighted by atomic mass is 16.5. The van der Waals surface area contributed by atoms with Crippen LogP contribution < -0.4 is 20.3 Å². The summed E-state index contributed by atoms with van der Waals surface area (Å²) in [6.45, 7) is 8.45. The van der Waals surface area contributed by atoms with Crippen molar-refractivity contribution in [1.29, 1.82) is 0 Å². The van der Waals surface area contributed by atoms with Crippen LogP contribution in [0.25, 0.3) is 0 Å². The number of piperazine rings is 1. The van der Waals surface area contributed by atoms with Gasteiger partial charge in [0.2, 0.25) is 0 Å². The van der Waals surface area contributed by atoms with E-state index in [-0.39, 0.29) is 6.03 Å². The molecular weight excluding hydrogens is 432 g/mol. The van der Waals surface area contributed by atoms with Gasteiger partial charge >= 0.3 is 12.0 Å². The lowest BCUT2D eigenvalue weighted by Crippen LogP contribution is -2.51. The monoisotopic (exact) mass is 464 g/mol. The molecule has 4 rings (SSSR count). The summed E-state index contributed by atoms with van der Waals surface area (Å²) >= 11 is 0. The number of anilines is 1. The Kier molecular flexibility index (Phi) is 7.37. The van der Waals surface area contributed by atoms with Crippen LogP contribution in [0.1, 0.15) is 24.1 Å². The molecule has 1 atom stereocenters. The number of carbonyl (C=O) groups excluding carboxylic acids is 2. The molecule has 1 fully saturated rings. The van der Waals surface area contributed by atoms with Crippen LogP contribution in [0.4, 0.5) is 10.5 Å². The number of nitrogens with zero attached hydrogens (tertiary/aromatic N) is 2. The van der Waals surface area contributed by atoms with Crippen LogP contribution in [0.3, 0.4) is 0 Å². The summed E-state index contributed by atoms with van der Waals surface area (Å²) in [6.07, 6.45) is 0. The number of urea groups is 1. The van der Waals surface area contributed by atoms with Crippen LogP contribution in [0, 0.1) is 6.92 Å². The topological polar surface area (TPSA) is 83.1 Å². The van der Waals surface area contributed by atoms with Gasteiger partial charge in [0.05, 0.1) is 25.3 Å². The van der Waals surface area contributed by atoms with Crippen molar-refractivity contribution in [2.24, 2.45) is 0 Å². The second-order valence-electron chi connectivity index (χ2n) is 8.52. The van der Waals surface area contributed by atoms with E-state index in [1.165, 1.54) is 18.4 Å². The molecule has 2 aliphatic rings. The first kappa shape index (κ1) is 23.6. The normalized spacial score (nSPS) is 18.9. The predicted octanol–water partition coefficient (Wildman–Crippen LogP) is 3.00. The summed E-state index contributed by atoms with van der Waals surface area (Å²) in [5, 5.41) is 5.73. The van der Waals surface area contributed by atoms with Crippen molar-refractivity contribution in [1.82, 2.24) is 15.5 Å². The number of hydrogen-bond donors (Lipinski definition) is 2. The molecule has 2 heterocycles. The van der Waals surface area contributed by atoms with Crippen molar-refractivity contribution in [3.63, 3.8) is 0 Å². The molecule has 8 heteroatoms. The van der Waals surface area contributed by atoms with E-state index in [4.69, 9.17) is 9.47 Å². The van der Waals surface area contributed by atoms with E-state index in [0.717, 1.165) is 37.5 Å². The molecule has 0 spiro atoms. The summed E-state index contributed by atoms with van der Waals surface area (Å²) < 4.78 is 10.6. The average molecular weight is 465 g/mol. The Hall–Kier alpha value is -3.52. The number of amides is 2. The minimum atomic E-state index is -0.597. The first-order chi connectivity index (χ1) is 16.5. The summed E-state index contributed by atoms with van der Waals surface area (Å²) in [5.74, 6) is 0.279. The molecule has 2 aliphatic heterocycles. The van der Waals surface area contributed by atoms with E-state index in [1.807, 2.05) is 31.2 Å². The molecule has 180 valence electrons. The lowest BCUT2D eigenvalue weighted by molar-refractivity contribution is -0.136. The molecule has 0 bridgehead atoms. The summed E-state index contributed by atoms with van der Waals surface area (Å²) in [5.41, 5.74) is 4.26. The second-order valence-corrected chi connectivity index (χ2v) is 8.52. The molecule has 2 amide bonds. The number of rotatable bonds is 7. The van der Waals surface area contributed by atoms with Crippen molar-refractivity contribution >= 4 is 17.7 Å². The predicted molar refractivity (Wildman–Crippen MR) is 131 cm³/mol. The molecule has 2 aromatic rings. The van der Waals surface area contributed by atoms with Crippen LogP contribution in [0.2, 0.25) is 0 Å². The van der Waals surface area contributed by atoms with Gasteiger partial charge in [0, 0.05) is 44.1 Å². The van der Waals surface area contributed by atoms with Crippen molar-refractivity contribution in [3.05, 3.63) is 70.9 Å². The fraction of sp³-hybridized carbons (Fsp3) is 0.385. The molecule has 0 aromatic heterocycles. The second kappa shape index (κ2) is 10.6. The highest BCUT2D eigenvalue weighted by molar-refractivity contribution is 5.95. The number of carbonyl (C=O) groups is 2. The summed E-state index contributed by atoms with van der Waals surface area (Å²) in [4.78, 5) is 30.0. The van der Waals surface area contributed by atoms with E-state index in [0.29, 0.717) is 24.4 Å². The van der Waals surface area contributed by atoms with Crippen LogP contribution in [-0.2, 0) is 9.53 Å². The number of aryl methyl sites for hydroxylation is 1. The SMILES string of the molecule is CCOc1ccc([C@H]2NC(=O)NC(CN3CCN(c4cccc(C)c4)CC3)=C2C(=O)OC)cc1. The smallest absolute Gasteiger partial charge is 0.338 e. The standard InChI is InChI=1S/C26H32N4O4/c1-4-34-21-10-8-19(9-11-21)24-23(25(31)33-3)22(27-26(32)28-24)17-29-12-14-30(15-13-29)20-7-5-6-18(2)16-20/h5-11,16,24H,4,12-15,17H2,1-3H3,(H2,27,28,32)/t24-/m1/s1. The zero-order chi connectivity index (χ0) is 24.1. The minimum Gasteiger partial charge on any atom is -0.494 e. The number of ether oxygens (including phenoxy) is 2. The van der Waals surface area contributed by atoms with Crippen LogP contribution >= 0.6 is 0 Å². The first-order valence-electron chi connectivity index (χ1n) is 11.6. The molecule has 1 saturated heterocycles. The van der Waals surface area contributed by atoms with Crippen LogP contribution in [0.5, 0.6) is 5.75 Å². The fourth-order valence-electron chi connectivity index (χ4n) is 4.48. The maximum Gasteiger partial charge on any atom is 0.338 e. The lowest BCUT2D eigenvalue weighted by atomic mass is 9.95. The van der Waals surface area contributed by atoms with Gasteiger partial charge in [-0.1, -0.05) is 24.3 Å². The Balaban J connectivity index is 1.53. The Morgan fingerprint density at radius 1 is 1.09 bits per heavy atom. The minimum absolute atomic E-state index is 0.333. The Bertz CT molecular complexity index is 1060. The highest BCUT2D eigenvalue weighted by Crippen LogP contribution is 2.29. The van der Waals surface area contributed by atoms with Crippen molar-refractivity contribution < 1.29 is 19.1 Å². The molecule has 8 nitrogen and oxygen atoms in total. The molecule has 0 saturated carbocycles. The number of nitrogens with one attached hydrogen (secondary N) is 2. The maximum absolute atomic E-state index is 12.8. The third-order valence-corrected chi connectivity index (χ3v) is 6.20. The van der Waals surface area contributed by atoms with E-state index in [9.17, 15) is 9.59 Å². The van der Waals surface area contributed by atoms with Crippen molar-refractivity contribution in [3.8, 4) is 5.75 Å². The zero-order valence-corrected chi connectivity index (χ0v) is 20.0. The number of benzene rings is 2. The molecule has 2 aromatic carbocycles. The average Bonchev–Trinajstić information content (AvgIpc) is 2.84. The van der Waals surface area contributed by atoms with E-state index < -0.39 is 12.0 Å². The third kappa shape index (κ3) is 5.34. The van der Waals surface area contributed by atoms with Gasteiger partial charge in [-0.05, 0) is 49.2 Å². The van der Waals surface area contributed by atoms with Gasteiger partial charge < -0.3 is 25.0 Å². The fourth-order valence-corrected chi connectivity index (χ4v) is 4.48. The van der Waals surface area contributed by atoms with Gasteiger partial charge in [-0.2, -0.15) is 0 Å². The van der Waals surface area contributed by atoms with Gasteiger partial charge in [0.15, 0.2) is 0 Å². The largest absolute Gasteiger partial charge is 0.494 e. The zero-order valence-electron chi connectivity index (χ0n) is 20.0. The van der Waals surface area contributed by atoms with Gasteiger partial charge in [-0.15, -0.1) is 0 Å². The molecule has 34 heavy (non-hydrogen) atoms. The van der Waals surface area contributed by atoms with Crippen molar-refractivity contribution in [2.45, 2.75) is 19.9 Å². The Morgan fingerprint density at radius 3 is 2.47 bits per heavy atom. The summed E-state index contributed by atoms with van der Waals surface area (Å²) in [6, 6.07) is 15.0. The summed E-state index contributed by atoms with van der Waals surface area (Å²) in [7, 11) is 1.36. The van der Waals surface area contributed by atoms with Crippen LogP contribution in [0.15, 0.2) is 59.8 Å². The number of methoxy groups -OCH3 is 1. The van der Waals surface area contributed by atoms with Gasteiger partial charge in [-0.25, -0.2) is 9.59 Å². The van der Waals surface area contributed by atoms with Gasteiger partial charge in [0.1, 0.15) is 5.75 Å². The lowest BCUT2D eigenvalue weighted by Gasteiger charge is -2.38. The first-order valence-corrected chi connectivity index (χ1v) is 11.6. The number of esters is 1. The quantitative estimate of drug-likeness (QED) is 0.613. The van der Waals surface area contributed by atoms with Gasteiger partial charge in [-0.3, -0.25) is 4.90 Å². The van der Waals surface area contributed by atoms with E-state index in [1.54, 1.807) is 0 Å².